The normalized spacial score (nSPS) is 23.9. The minimum absolute atomic E-state index is 0.0221. The average molecular weight is 215 g/mol. The maximum atomic E-state index is 11.4. The number of carbonyl (C=O) groups excluding carboxylic acids is 1. The highest BCUT2D eigenvalue weighted by molar-refractivity contribution is 5.72. The Hall–Kier alpha value is -0.610. The first-order valence-corrected chi connectivity index (χ1v) is 5.45. The second kappa shape index (κ2) is 4.94. The Labute approximate surface area is 91.2 Å². The molecule has 0 aromatic carbocycles. The van der Waals surface area contributed by atoms with Crippen molar-refractivity contribution in [1.29, 1.82) is 0 Å². The lowest BCUT2D eigenvalue weighted by molar-refractivity contribution is -0.147. The van der Waals surface area contributed by atoms with Crippen LogP contribution in [-0.4, -0.2) is 48.3 Å². The van der Waals surface area contributed by atoms with Crippen LogP contribution >= 0.6 is 0 Å². The summed E-state index contributed by atoms with van der Waals surface area (Å²) in [5.74, 6) is -0.151. The molecule has 0 unspecified atom stereocenters. The summed E-state index contributed by atoms with van der Waals surface area (Å²) in [4.78, 5) is 13.5. The van der Waals surface area contributed by atoms with Crippen molar-refractivity contribution < 1.29 is 14.6 Å². The molecule has 0 amide bonds. The monoisotopic (exact) mass is 215 g/mol. The number of piperidine rings is 1. The van der Waals surface area contributed by atoms with Gasteiger partial charge in [0.1, 0.15) is 0 Å². The van der Waals surface area contributed by atoms with Crippen molar-refractivity contribution in [3.05, 3.63) is 0 Å². The van der Waals surface area contributed by atoms with Gasteiger partial charge in [-0.2, -0.15) is 0 Å². The molecule has 4 nitrogen and oxygen atoms in total. The Bertz CT molecular complexity index is 222. The molecule has 0 saturated carbocycles. The van der Waals surface area contributed by atoms with Gasteiger partial charge in [0.15, 0.2) is 0 Å². The van der Waals surface area contributed by atoms with Crippen molar-refractivity contribution in [2.24, 2.45) is 5.92 Å². The van der Waals surface area contributed by atoms with E-state index in [0.29, 0.717) is 13.1 Å². The van der Waals surface area contributed by atoms with Crippen LogP contribution in [0.4, 0.5) is 0 Å². The van der Waals surface area contributed by atoms with Gasteiger partial charge in [0.05, 0.1) is 18.6 Å². The van der Waals surface area contributed by atoms with Crippen molar-refractivity contribution in [2.75, 3.05) is 26.7 Å². The van der Waals surface area contributed by atoms with E-state index >= 15 is 0 Å². The molecule has 0 spiro atoms. The number of carbonyl (C=O) groups is 1. The fourth-order valence-electron chi connectivity index (χ4n) is 2.11. The van der Waals surface area contributed by atoms with E-state index in [2.05, 4.69) is 4.90 Å². The molecule has 0 bridgehead atoms. The van der Waals surface area contributed by atoms with E-state index in [1.807, 2.05) is 0 Å². The van der Waals surface area contributed by atoms with E-state index in [4.69, 9.17) is 4.74 Å². The number of hydrogen-bond donors (Lipinski definition) is 1. The first-order chi connectivity index (χ1) is 6.92. The largest absolute Gasteiger partial charge is 0.469 e. The molecule has 1 fully saturated rings. The lowest BCUT2D eigenvalue weighted by Crippen LogP contribution is -2.45. The Morgan fingerprint density at radius 3 is 2.80 bits per heavy atom. The SMILES string of the molecule is COC(=O)[C@H]1CCCN(CC(C)(C)O)C1. The Kier molecular flexibility index (Phi) is 4.11. The van der Waals surface area contributed by atoms with Crippen LogP contribution in [0.5, 0.6) is 0 Å². The van der Waals surface area contributed by atoms with Crippen LogP contribution < -0.4 is 0 Å². The molecule has 1 aliphatic heterocycles. The first kappa shape index (κ1) is 12.5. The smallest absolute Gasteiger partial charge is 0.309 e. The zero-order chi connectivity index (χ0) is 11.5. The highest BCUT2D eigenvalue weighted by Crippen LogP contribution is 2.19. The molecule has 1 saturated heterocycles. The third-order valence-corrected chi connectivity index (χ3v) is 2.65. The number of likely N-dealkylation sites (tertiary alicyclic amines) is 1. The van der Waals surface area contributed by atoms with E-state index in [1.54, 1.807) is 13.8 Å². The molecule has 4 heteroatoms. The molecule has 0 radical (unpaired) electrons. The summed E-state index contributed by atoms with van der Waals surface area (Å²) in [6, 6.07) is 0. The summed E-state index contributed by atoms with van der Waals surface area (Å²) >= 11 is 0. The highest BCUT2D eigenvalue weighted by atomic mass is 16.5. The average Bonchev–Trinajstić information content (AvgIpc) is 2.14. The summed E-state index contributed by atoms with van der Waals surface area (Å²) in [6.45, 7) is 5.85. The molecule has 1 aliphatic rings. The molecule has 0 aromatic rings. The lowest BCUT2D eigenvalue weighted by Gasteiger charge is -2.34. The molecule has 1 rings (SSSR count). The topological polar surface area (TPSA) is 49.8 Å². The molecule has 0 aromatic heterocycles. The van der Waals surface area contributed by atoms with E-state index in [-0.39, 0.29) is 11.9 Å². The Morgan fingerprint density at radius 1 is 1.60 bits per heavy atom. The Morgan fingerprint density at radius 2 is 2.27 bits per heavy atom. The number of methoxy groups -OCH3 is 1. The van der Waals surface area contributed by atoms with Crippen LogP contribution in [0.1, 0.15) is 26.7 Å². The van der Waals surface area contributed by atoms with Gasteiger partial charge in [-0.3, -0.25) is 9.69 Å². The first-order valence-electron chi connectivity index (χ1n) is 5.45. The van der Waals surface area contributed by atoms with Crippen molar-refractivity contribution in [1.82, 2.24) is 4.90 Å². The van der Waals surface area contributed by atoms with Crippen LogP contribution in [-0.2, 0) is 9.53 Å². The van der Waals surface area contributed by atoms with Gasteiger partial charge >= 0.3 is 5.97 Å². The molecule has 15 heavy (non-hydrogen) atoms. The summed E-state index contributed by atoms with van der Waals surface area (Å²) in [6.07, 6.45) is 1.89. The Balaban J connectivity index is 2.46. The summed E-state index contributed by atoms with van der Waals surface area (Å²) in [5.41, 5.74) is -0.696. The molecular weight excluding hydrogens is 194 g/mol. The highest BCUT2D eigenvalue weighted by Gasteiger charge is 2.28. The fourth-order valence-corrected chi connectivity index (χ4v) is 2.11. The molecular formula is C11H21NO3. The molecule has 1 heterocycles. The zero-order valence-corrected chi connectivity index (χ0v) is 9.82. The predicted molar refractivity (Wildman–Crippen MR) is 57.5 cm³/mol. The summed E-state index contributed by atoms with van der Waals surface area (Å²) in [5, 5.41) is 9.69. The van der Waals surface area contributed by atoms with Gasteiger partial charge in [-0.15, -0.1) is 0 Å². The third kappa shape index (κ3) is 4.18. The van der Waals surface area contributed by atoms with Gasteiger partial charge < -0.3 is 9.84 Å². The number of esters is 1. The van der Waals surface area contributed by atoms with E-state index in [9.17, 15) is 9.90 Å². The van der Waals surface area contributed by atoms with Gasteiger partial charge in [-0.25, -0.2) is 0 Å². The van der Waals surface area contributed by atoms with Crippen molar-refractivity contribution >= 4 is 5.97 Å². The lowest BCUT2D eigenvalue weighted by atomic mass is 9.97. The van der Waals surface area contributed by atoms with Gasteiger partial charge in [0.25, 0.3) is 0 Å². The minimum Gasteiger partial charge on any atom is -0.469 e. The molecule has 1 atom stereocenters. The van der Waals surface area contributed by atoms with Crippen LogP contribution in [0.3, 0.4) is 0 Å². The number of rotatable bonds is 3. The van der Waals surface area contributed by atoms with Crippen LogP contribution in [0.2, 0.25) is 0 Å². The van der Waals surface area contributed by atoms with Gasteiger partial charge in [-0.1, -0.05) is 0 Å². The van der Waals surface area contributed by atoms with Crippen molar-refractivity contribution in [3.8, 4) is 0 Å². The number of ether oxygens (including phenoxy) is 1. The van der Waals surface area contributed by atoms with Crippen LogP contribution in [0.25, 0.3) is 0 Å². The second-order valence-electron chi connectivity index (χ2n) is 4.91. The second-order valence-corrected chi connectivity index (χ2v) is 4.91. The molecule has 1 N–H and O–H groups in total. The number of aliphatic hydroxyl groups is 1. The summed E-state index contributed by atoms with van der Waals surface area (Å²) < 4.78 is 4.74. The number of hydrogen-bond acceptors (Lipinski definition) is 4. The summed E-state index contributed by atoms with van der Waals surface area (Å²) in [7, 11) is 1.43. The van der Waals surface area contributed by atoms with Gasteiger partial charge in [0.2, 0.25) is 0 Å². The standard InChI is InChI=1S/C11H21NO3/c1-11(2,14)8-12-6-4-5-9(7-12)10(13)15-3/h9,14H,4-8H2,1-3H3/t9-/m0/s1. The maximum Gasteiger partial charge on any atom is 0.309 e. The minimum atomic E-state index is -0.696. The molecule has 0 aliphatic carbocycles. The number of β-amino-alcohol motifs (C(OH)–C–C–N with tert-alkyl or cyclic N) is 1. The van der Waals surface area contributed by atoms with E-state index in [0.717, 1.165) is 19.4 Å². The quantitative estimate of drug-likeness (QED) is 0.702. The van der Waals surface area contributed by atoms with Crippen molar-refractivity contribution in [2.45, 2.75) is 32.3 Å². The van der Waals surface area contributed by atoms with Crippen molar-refractivity contribution in [3.63, 3.8) is 0 Å². The van der Waals surface area contributed by atoms with Crippen LogP contribution in [0, 0.1) is 5.92 Å². The number of nitrogens with zero attached hydrogens (tertiary/aromatic N) is 1. The zero-order valence-electron chi connectivity index (χ0n) is 9.82. The molecule has 88 valence electrons. The van der Waals surface area contributed by atoms with Crippen LogP contribution in [0.15, 0.2) is 0 Å². The fraction of sp³-hybridized carbons (Fsp3) is 0.909. The third-order valence-electron chi connectivity index (χ3n) is 2.65. The van der Waals surface area contributed by atoms with E-state index in [1.165, 1.54) is 7.11 Å². The van der Waals surface area contributed by atoms with E-state index < -0.39 is 5.60 Å². The van der Waals surface area contributed by atoms with Gasteiger partial charge in [-0.05, 0) is 33.2 Å². The van der Waals surface area contributed by atoms with Gasteiger partial charge in [0, 0.05) is 13.1 Å². The maximum absolute atomic E-state index is 11.4. The predicted octanol–water partition coefficient (Wildman–Crippen LogP) is 0.642.